The third-order valence-electron chi connectivity index (χ3n) is 4.34. The summed E-state index contributed by atoms with van der Waals surface area (Å²) in [6.07, 6.45) is 4.95. The van der Waals surface area contributed by atoms with Gasteiger partial charge in [-0.1, -0.05) is 24.9 Å². The average Bonchev–Trinajstić information content (AvgIpc) is 3.02. The first-order chi connectivity index (χ1) is 13.4. The van der Waals surface area contributed by atoms with Crippen LogP contribution in [0.1, 0.15) is 32.3 Å². The molecule has 0 bridgehead atoms. The normalized spacial score (nSPS) is 13.2. The van der Waals surface area contributed by atoms with E-state index in [1.807, 2.05) is 19.9 Å². The number of fused-ring (bicyclic) bond motifs is 1. The molecule has 0 spiro atoms. The van der Waals surface area contributed by atoms with Crippen molar-refractivity contribution in [1.29, 1.82) is 0 Å². The molecule has 2 heterocycles. The monoisotopic (exact) mass is 445 g/mol. The van der Waals surface area contributed by atoms with Crippen LogP contribution < -0.4 is 4.74 Å². The number of ether oxygens (including phenoxy) is 2. The first-order valence-corrected chi connectivity index (χ1v) is 11.1. The van der Waals surface area contributed by atoms with Gasteiger partial charge in [-0.25, -0.2) is 4.98 Å². The second kappa shape index (κ2) is 11.0. The number of nitrogens with zero attached hydrogens (tertiary/aromatic N) is 3. The van der Waals surface area contributed by atoms with Crippen molar-refractivity contribution in [2.75, 3.05) is 12.9 Å². The number of rotatable bonds is 8. The van der Waals surface area contributed by atoms with Crippen LogP contribution in [0.25, 0.3) is 22.6 Å². The van der Waals surface area contributed by atoms with E-state index in [4.69, 9.17) is 21.1 Å². The molecule has 3 aromatic rings. The zero-order valence-corrected chi connectivity index (χ0v) is 18.0. The molecule has 0 fully saturated rings. The fourth-order valence-corrected chi connectivity index (χ4v) is 3.89. The van der Waals surface area contributed by atoms with Crippen LogP contribution >= 0.6 is 11.6 Å². The minimum atomic E-state index is -1.32. The predicted octanol–water partition coefficient (Wildman–Crippen LogP) is 4.09. The fraction of sp³-hybridized carbons (Fsp3) is 0.400. The molecule has 6 nitrogen and oxygen atoms in total. The van der Waals surface area contributed by atoms with E-state index in [1.165, 1.54) is 0 Å². The number of pyridine rings is 1. The van der Waals surface area contributed by atoms with E-state index in [0.29, 0.717) is 34.4 Å². The zero-order valence-electron chi connectivity index (χ0n) is 16.4. The van der Waals surface area contributed by atoms with Gasteiger partial charge in [0.25, 0.3) is 0 Å². The summed E-state index contributed by atoms with van der Waals surface area (Å²) >= 11 is 4.78. The Balaban J connectivity index is 0.00000300. The number of benzene rings is 1. The number of imidazole rings is 1. The summed E-state index contributed by atoms with van der Waals surface area (Å²) in [4.78, 5) is 9.12. The van der Waals surface area contributed by atoms with Crippen LogP contribution in [0.15, 0.2) is 30.5 Å². The molecule has 0 saturated carbocycles. The van der Waals surface area contributed by atoms with Crippen LogP contribution in [-0.4, -0.2) is 67.2 Å². The van der Waals surface area contributed by atoms with Crippen LogP contribution in [0, 0.1) is 6.92 Å². The molecule has 0 saturated heterocycles. The van der Waals surface area contributed by atoms with E-state index in [-0.39, 0.29) is 35.8 Å². The molecule has 152 valence electrons. The second-order valence-electron chi connectivity index (χ2n) is 6.48. The summed E-state index contributed by atoms with van der Waals surface area (Å²) in [6, 6.07) is 7.12. The Hall–Kier alpha value is -0.800. The van der Waals surface area contributed by atoms with Gasteiger partial charge in [-0.05, 0) is 44.5 Å². The molecular weight excluding hydrogens is 421 g/mol. The molecule has 2 atom stereocenters. The summed E-state index contributed by atoms with van der Waals surface area (Å²) in [7, 11) is 0. The second-order valence-corrected chi connectivity index (χ2v) is 8.13. The van der Waals surface area contributed by atoms with Gasteiger partial charge in [0, 0.05) is 16.8 Å². The van der Waals surface area contributed by atoms with Gasteiger partial charge in [0.15, 0.2) is 6.29 Å². The third kappa shape index (κ3) is 5.67. The maximum absolute atomic E-state index is 12.4. The van der Waals surface area contributed by atoms with Gasteiger partial charge in [-0.2, -0.15) is 0 Å². The molecule has 0 radical (unpaired) electrons. The maximum atomic E-state index is 12.4. The summed E-state index contributed by atoms with van der Waals surface area (Å²) in [5, 5.41) is 0.574. The molecule has 0 aliphatic carbocycles. The van der Waals surface area contributed by atoms with Crippen molar-refractivity contribution < 1.29 is 14.0 Å². The number of hydrogen-bond donors (Lipinski definition) is 0. The van der Waals surface area contributed by atoms with Crippen LogP contribution in [0.3, 0.4) is 0 Å². The molecule has 0 N–H and O–H groups in total. The van der Waals surface area contributed by atoms with E-state index < -0.39 is 11.4 Å². The first-order valence-electron chi connectivity index (χ1n) is 9.18. The van der Waals surface area contributed by atoms with Gasteiger partial charge in [-0.15, -0.1) is 3.97 Å². The molecule has 0 amide bonds. The summed E-state index contributed by atoms with van der Waals surface area (Å²) < 4.78 is 25.7. The third-order valence-corrected chi connectivity index (χ3v) is 5.46. The molecule has 29 heavy (non-hydrogen) atoms. The van der Waals surface area contributed by atoms with Gasteiger partial charge in [0.1, 0.15) is 23.2 Å². The minimum absolute atomic E-state index is 0. The Bertz CT molecular complexity index is 968. The van der Waals surface area contributed by atoms with E-state index in [0.717, 1.165) is 23.9 Å². The molecular formula is C20H25ClN3NaO3S. The van der Waals surface area contributed by atoms with Crippen LogP contribution in [0.2, 0.25) is 5.02 Å². The van der Waals surface area contributed by atoms with Crippen molar-refractivity contribution in [3.05, 3.63) is 41.0 Å². The quantitative estimate of drug-likeness (QED) is 0.226. The SMILES string of the molecule is CCCCOC(C)Oc1ccnc(-c2nc3cc(Cl)ccc3n2[S+](C)[O-])c1C.[NaH]. The first kappa shape index (κ1) is 24.5. The van der Waals surface area contributed by atoms with Crippen molar-refractivity contribution in [3.63, 3.8) is 0 Å². The van der Waals surface area contributed by atoms with E-state index in [1.54, 1.807) is 34.6 Å². The van der Waals surface area contributed by atoms with Crippen molar-refractivity contribution in [2.24, 2.45) is 0 Å². The summed E-state index contributed by atoms with van der Waals surface area (Å²) in [5.41, 5.74) is 2.83. The van der Waals surface area contributed by atoms with Crippen molar-refractivity contribution in [2.45, 2.75) is 39.9 Å². The van der Waals surface area contributed by atoms with Gasteiger partial charge in [-0.3, -0.25) is 4.98 Å². The molecule has 3 rings (SSSR count). The molecule has 0 aliphatic rings. The predicted molar refractivity (Wildman–Crippen MR) is 120 cm³/mol. The molecule has 1 aromatic carbocycles. The van der Waals surface area contributed by atoms with Crippen molar-refractivity contribution in [1.82, 2.24) is 13.9 Å². The van der Waals surface area contributed by atoms with Gasteiger partial charge in [0.05, 0.1) is 23.5 Å². The fourth-order valence-electron chi connectivity index (χ4n) is 2.92. The Morgan fingerprint density at radius 2 is 2.07 bits per heavy atom. The molecule has 2 unspecified atom stereocenters. The number of hydrogen-bond acceptors (Lipinski definition) is 5. The number of unbranched alkanes of at least 4 members (excludes halogenated alkanes) is 1. The number of aromatic nitrogens is 3. The van der Waals surface area contributed by atoms with E-state index in [9.17, 15) is 4.55 Å². The molecule has 9 heteroatoms. The molecule has 0 aliphatic heterocycles. The van der Waals surface area contributed by atoms with Crippen LogP contribution in [0.5, 0.6) is 5.75 Å². The zero-order chi connectivity index (χ0) is 20.3. The van der Waals surface area contributed by atoms with Crippen molar-refractivity contribution >= 4 is 63.6 Å². The van der Waals surface area contributed by atoms with E-state index in [2.05, 4.69) is 16.9 Å². The van der Waals surface area contributed by atoms with Crippen LogP contribution in [0.4, 0.5) is 0 Å². The van der Waals surface area contributed by atoms with Crippen LogP contribution in [-0.2, 0) is 16.1 Å². The standard InChI is InChI=1S/C20H24ClN3O3S.Na.H/c1-5-6-11-26-14(3)27-18-9-10-22-19(13(18)2)20-23-16-12-15(21)7-8-17(16)24(20)28(4)25;;/h7-10,12,14H,5-6,11H2,1-4H3;;. The average molecular weight is 446 g/mol. The Labute approximate surface area is 201 Å². The van der Waals surface area contributed by atoms with Gasteiger partial charge in [0.2, 0.25) is 5.82 Å². The molecule has 2 aromatic heterocycles. The summed E-state index contributed by atoms with van der Waals surface area (Å²) in [5.74, 6) is 1.17. The van der Waals surface area contributed by atoms with Crippen molar-refractivity contribution in [3.8, 4) is 17.3 Å². The Morgan fingerprint density at radius 1 is 1.31 bits per heavy atom. The van der Waals surface area contributed by atoms with Gasteiger partial charge < -0.3 is 14.0 Å². The van der Waals surface area contributed by atoms with Gasteiger partial charge >= 0.3 is 29.6 Å². The Kier molecular flexibility index (Phi) is 9.28. The topological polar surface area (TPSA) is 72.2 Å². The summed E-state index contributed by atoms with van der Waals surface area (Å²) in [6.45, 7) is 6.55. The van der Waals surface area contributed by atoms with E-state index >= 15 is 0 Å². The Morgan fingerprint density at radius 3 is 2.76 bits per heavy atom. The number of halogens is 1.